The van der Waals surface area contributed by atoms with Crippen LogP contribution in [0.25, 0.3) is 100 Å². The molecule has 0 fully saturated rings. The van der Waals surface area contributed by atoms with Gasteiger partial charge in [-0.15, -0.1) is 0 Å². The Hall–Kier alpha value is -7.17. The second-order valence-corrected chi connectivity index (χ2v) is 13.2. The van der Waals surface area contributed by atoms with Gasteiger partial charge in [0, 0.05) is 27.5 Å². The van der Waals surface area contributed by atoms with E-state index < -0.39 is 0 Å². The zero-order chi connectivity index (χ0) is 35.1. The maximum Gasteiger partial charge on any atom is 0.165 e. The van der Waals surface area contributed by atoms with E-state index in [0.717, 1.165) is 82.8 Å². The van der Waals surface area contributed by atoms with Crippen LogP contribution in [-0.2, 0) is 0 Å². The number of aromatic nitrogens is 3. The first-order valence-electron chi connectivity index (χ1n) is 17.8. The molecule has 4 nitrogen and oxygen atoms in total. The highest BCUT2D eigenvalue weighted by molar-refractivity contribution is 6.20. The molecule has 0 unspecified atom stereocenters. The van der Waals surface area contributed by atoms with Crippen molar-refractivity contribution < 1.29 is 4.42 Å². The summed E-state index contributed by atoms with van der Waals surface area (Å²) in [5.74, 6) is 1.81. The molecule has 0 saturated carbocycles. The summed E-state index contributed by atoms with van der Waals surface area (Å²) in [6.45, 7) is 0. The van der Waals surface area contributed by atoms with Crippen molar-refractivity contribution in [3.05, 3.63) is 188 Å². The lowest BCUT2D eigenvalue weighted by atomic mass is 9.96. The monoisotopic (exact) mass is 677 g/mol. The molecule has 0 aliphatic heterocycles. The maximum atomic E-state index is 6.65. The van der Waals surface area contributed by atoms with Gasteiger partial charge in [0.1, 0.15) is 11.2 Å². The van der Waals surface area contributed by atoms with Gasteiger partial charge in [-0.1, -0.05) is 170 Å². The molecule has 0 atom stereocenters. The van der Waals surface area contributed by atoms with Crippen LogP contribution in [0.5, 0.6) is 0 Å². The first-order chi connectivity index (χ1) is 26.2. The summed E-state index contributed by atoms with van der Waals surface area (Å²) >= 11 is 0. The summed E-state index contributed by atoms with van der Waals surface area (Å²) in [4.78, 5) is 15.6. The molecule has 53 heavy (non-hydrogen) atoms. The number of benzene rings is 8. The van der Waals surface area contributed by atoms with Crippen molar-refractivity contribution in [1.29, 1.82) is 0 Å². The van der Waals surface area contributed by atoms with Crippen LogP contribution < -0.4 is 0 Å². The number of fused-ring (bicyclic) bond motifs is 4. The van der Waals surface area contributed by atoms with Crippen molar-refractivity contribution in [2.24, 2.45) is 0 Å². The van der Waals surface area contributed by atoms with Gasteiger partial charge in [-0.3, -0.25) is 0 Å². The van der Waals surface area contributed by atoms with Crippen molar-refractivity contribution in [3.8, 4) is 67.5 Å². The molecule has 8 aromatic carbocycles. The molecule has 248 valence electrons. The highest BCUT2D eigenvalue weighted by Gasteiger charge is 2.21. The average Bonchev–Trinajstić information content (AvgIpc) is 3.61. The summed E-state index contributed by atoms with van der Waals surface area (Å²) in [6, 6.07) is 65.1. The molecular weight excluding hydrogens is 647 g/mol. The Kier molecular flexibility index (Phi) is 7.43. The van der Waals surface area contributed by atoms with Gasteiger partial charge in [0.2, 0.25) is 0 Å². The quantitative estimate of drug-likeness (QED) is 0.176. The summed E-state index contributed by atoms with van der Waals surface area (Å²) in [5, 5.41) is 4.11. The van der Waals surface area contributed by atoms with E-state index in [1.54, 1.807) is 0 Å². The smallest absolute Gasteiger partial charge is 0.165 e. The highest BCUT2D eigenvalue weighted by Crippen LogP contribution is 2.42. The Labute approximate surface area is 306 Å². The fraction of sp³-hybridized carbons (Fsp3) is 0. The normalized spacial score (nSPS) is 11.4. The molecule has 4 heteroatoms. The number of hydrogen-bond donors (Lipinski definition) is 0. The molecule has 0 saturated heterocycles. The first kappa shape index (κ1) is 30.6. The summed E-state index contributed by atoms with van der Waals surface area (Å²) in [7, 11) is 0. The van der Waals surface area contributed by atoms with E-state index >= 15 is 0 Å². The van der Waals surface area contributed by atoms with Crippen molar-refractivity contribution in [2.45, 2.75) is 0 Å². The third-order valence-electron chi connectivity index (χ3n) is 9.95. The predicted octanol–water partition coefficient (Wildman–Crippen LogP) is 12.9. The SMILES string of the molecule is c1ccc(-c2ccc(-c3nc(-c4ccc(-c5ccccc5)cc4)nc(-c4c5ccccc5cc5oc6cc(-c7ccccc7)ccc6c45)n3)cc2)cc1. The zero-order valence-electron chi connectivity index (χ0n) is 28.6. The summed E-state index contributed by atoms with van der Waals surface area (Å²) in [5.41, 5.74) is 11.2. The van der Waals surface area contributed by atoms with Crippen LogP contribution in [-0.4, -0.2) is 15.0 Å². The molecule has 2 heterocycles. The van der Waals surface area contributed by atoms with Gasteiger partial charge in [-0.05, 0) is 62.4 Å². The lowest BCUT2D eigenvalue weighted by Gasteiger charge is -2.12. The molecule has 0 bridgehead atoms. The Morgan fingerprint density at radius 1 is 0.302 bits per heavy atom. The first-order valence-corrected chi connectivity index (χ1v) is 17.8. The van der Waals surface area contributed by atoms with Gasteiger partial charge in [-0.25, -0.2) is 15.0 Å². The lowest BCUT2D eigenvalue weighted by Crippen LogP contribution is -2.01. The van der Waals surface area contributed by atoms with E-state index in [0.29, 0.717) is 17.5 Å². The minimum Gasteiger partial charge on any atom is -0.456 e. The van der Waals surface area contributed by atoms with Crippen molar-refractivity contribution in [2.75, 3.05) is 0 Å². The van der Waals surface area contributed by atoms with Crippen LogP contribution in [0.2, 0.25) is 0 Å². The molecule has 10 rings (SSSR count). The fourth-order valence-corrected chi connectivity index (χ4v) is 7.27. The number of rotatable bonds is 6. The van der Waals surface area contributed by atoms with Crippen molar-refractivity contribution >= 4 is 32.7 Å². The van der Waals surface area contributed by atoms with Crippen LogP contribution in [0.3, 0.4) is 0 Å². The van der Waals surface area contributed by atoms with Gasteiger partial charge in [0.15, 0.2) is 17.5 Å². The second-order valence-electron chi connectivity index (χ2n) is 13.2. The second kappa shape index (κ2) is 12.9. The topological polar surface area (TPSA) is 51.8 Å². The Bertz CT molecular complexity index is 2800. The third-order valence-corrected chi connectivity index (χ3v) is 9.95. The average molecular weight is 678 g/mol. The fourth-order valence-electron chi connectivity index (χ4n) is 7.27. The minimum atomic E-state index is 0.598. The number of hydrogen-bond acceptors (Lipinski definition) is 4. The van der Waals surface area contributed by atoms with Crippen LogP contribution in [0, 0.1) is 0 Å². The molecule has 0 aliphatic carbocycles. The summed E-state index contributed by atoms with van der Waals surface area (Å²) in [6.07, 6.45) is 0. The Morgan fingerprint density at radius 2 is 0.736 bits per heavy atom. The van der Waals surface area contributed by atoms with E-state index in [1.165, 1.54) is 0 Å². The van der Waals surface area contributed by atoms with Gasteiger partial charge in [0.25, 0.3) is 0 Å². The van der Waals surface area contributed by atoms with E-state index in [4.69, 9.17) is 19.4 Å². The van der Waals surface area contributed by atoms with E-state index in [-0.39, 0.29) is 0 Å². The van der Waals surface area contributed by atoms with Crippen LogP contribution in [0.1, 0.15) is 0 Å². The van der Waals surface area contributed by atoms with Crippen molar-refractivity contribution in [3.63, 3.8) is 0 Å². The van der Waals surface area contributed by atoms with Crippen LogP contribution in [0.15, 0.2) is 192 Å². The lowest BCUT2D eigenvalue weighted by molar-refractivity contribution is 0.669. The third kappa shape index (κ3) is 5.63. The molecule has 2 aromatic heterocycles. The highest BCUT2D eigenvalue weighted by atomic mass is 16.3. The van der Waals surface area contributed by atoms with Crippen LogP contribution >= 0.6 is 0 Å². The van der Waals surface area contributed by atoms with Gasteiger partial charge in [0.05, 0.1) is 0 Å². The van der Waals surface area contributed by atoms with Gasteiger partial charge in [-0.2, -0.15) is 0 Å². The molecule has 0 radical (unpaired) electrons. The van der Waals surface area contributed by atoms with E-state index in [1.807, 2.05) is 18.2 Å². The van der Waals surface area contributed by atoms with Crippen molar-refractivity contribution in [1.82, 2.24) is 15.0 Å². The number of nitrogens with zero attached hydrogens (tertiary/aromatic N) is 3. The number of furan rings is 1. The van der Waals surface area contributed by atoms with Gasteiger partial charge >= 0.3 is 0 Å². The largest absolute Gasteiger partial charge is 0.456 e. The standard InChI is InChI=1S/C49H31N3O/c1-4-12-32(13-5-1)35-20-24-37(25-21-35)47-50-48(38-26-22-36(23-27-38)33-14-6-2-7-15-33)52-49(51-47)46-41-19-11-10-18-40(41)31-44-45(46)42-29-28-39(30-43(42)53-44)34-16-8-3-9-17-34/h1-31H. The molecule has 0 aliphatic rings. The zero-order valence-corrected chi connectivity index (χ0v) is 28.6. The molecular formula is C49H31N3O. The van der Waals surface area contributed by atoms with Crippen LogP contribution in [0.4, 0.5) is 0 Å². The van der Waals surface area contributed by atoms with Gasteiger partial charge < -0.3 is 4.42 Å². The summed E-state index contributed by atoms with van der Waals surface area (Å²) < 4.78 is 6.65. The maximum absolute atomic E-state index is 6.65. The minimum absolute atomic E-state index is 0.598. The Morgan fingerprint density at radius 3 is 1.30 bits per heavy atom. The molecule has 10 aromatic rings. The molecule has 0 amide bonds. The Balaban J connectivity index is 1.19. The van der Waals surface area contributed by atoms with E-state index in [2.05, 4.69) is 170 Å². The van der Waals surface area contributed by atoms with E-state index in [9.17, 15) is 0 Å². The molecule has 0 N–H and O–H groups in total. The molecule has 0 spiro atoms. The predicted molar refractivity (Wildman–Crippen MR) is 217 cm³/mol.